The normalized spacial score (nSPS) is 12.2. The molecule has 17 heteroatoms. The SMILES string of the molecule is O=P(n1nc(Br)c(Br)c1Br)(n1nc(Br)c(Br)c1Br)n1nc(Br)c(Br)c1Br. The zero-order valence-corrected chi connectivity index (χ0v) is 26.6. The van der Waals surface area contributed by atoms with Gasteiger partial charge in [-0.25, -0.2) is 4.57 Å². The Morgan fingerprint density at radius 1 is 0.538 bits per heavy atom. The first-order chi connectivity index (χ1) is 12.0. The van der Waals surface area contributed by atoms with Gasteiger partial charge in [-0.2, -0.15) is 28.7 Å². The minimum absolute atomic E-state index is 0.442. The molecule has 3 aromatic heterocycles. The third-order valence-electron chi connectivity index (χ3n) is 2.90. The van der Waals surface area contributed by atoms with E-state index in [-0.39, 0.29) is 0 Å². The van der Waals surface area contributed by atoms with Crippen LogP contribution < -0.4 is 0 Å². The van der Waals surface area contributed by atoms with Crippen LogP contribution in [0.2, 0.25) is 0 Å². The van der Waals surface area contributed by atoms with Crippen LogP contribution in [0.4, 0.5) is 0 Å². The van der Waals surface area contributed by atoms with Gasteiger partial charge in [0.2, 0.25) is 0 Å². The largest absolute Gasteiger partial charge is 0.422 e. The van der Waals surface area contributed by atoms with Gasteiger partial charge in [-0.3, -0.25) is 0 Å². The Labute approximate surface area is 222 Å². The first-order valence-electron chi connectivity index (χ1n) is 5.93. The summed E-state index contributed by atoms with van der Waals surface area (Å²) in [5.41, 5.74) is 0. The Bertz CT molecular complexity index is 953. The monoisotopic (exact) mass is 949 g/mol. The smallest absolute Gasteiger partial charge is 0.244 e. The molecule has 0 aliphatic rings. The lowest BCUT2D eigenvalue weighted by atomic mass is 10.8. The highest BCUT2D eigenvalue weighted by atomic mass is 79.9. The van der Waals surface area contributed by atoms with Crippen molar-refractivity contribution in [3.8, 4) is 0 Å². The Morgan fingerprint density at radius 3 is 0.923 bits per heavy atom. The number of hydrogen-bond acceptors (Lipinski definition) is 4. The third-order valence-corrected chi connectivity index (χ3v) is 15.4. The summed E-state index contributed by atoms with van der Waals surface area (Å²) in [6.45, 7) is 0. The summed E-state index contributed by atoms with van der Waals surface area (Å²) in [4.78, 5) is 0. The summed E-state index contributed by atoms with van der Waals surface area (Å²) in [5.74, 6) is 0. The van der Waals surface area contributed by atoms with E-state index in [1.54, 1.807) is 0 Å². The molecule has 3 aromatic rings. The van der Waals surface area contributed by atoms with Crippen LogP contribution in [0.1, 0.15) is 0 Å². The van der Waals surface area contributed by atoms with Crippen molar-refractivity contribution in [2.24, 2.45) is 0 Å². The van der Waals surface area contributed by atoms with Crippen molar-refractivity contribution >= 4 is 151 Å². The minimum atomic E-state index is -3.81. The molecular formula is C9Br9N6OP. The van der Waals surface area contributed by atoms with E-state index in [0.717, 1.165) is 0 Å². The molecule has 140 valence electrons. The van der Waals surface area contributed by atoms with Crippen LogP contribution in [0.25, 0.3) is 0 Å². The van der Waals surface area contributed by atoms with Crippen LogP contribution in [-0.2, 0) is 4.57 Å². The highest BCUT2D eigenvalue weighted by Gasteiger charge is 2.41. The van der Waals surface area contributed by atoms with E-state index in [9.17, 15) is 4.57 Å². The van der Waals surface area contributed by atoms with Crippen LogP contribution in [0.5, 0.6) is 0 Å². The molecule has 0 aromatic carbocycles. The average molecular weight is 958 g/mol. The van der Waals surface area contributed by atoms with Gasteiger partial charge in [-0.15, -0.1) is 0 Å². The second-order valence-electron chi connectivity index (χ2n) is 4.37. The molecule has 0 unspecified atom stereocenters. The lowest BCUT2D eigenvalue weighted by Crippen LogP contribution is -2.18. The van der Waals surface area contributed by atoms with Crippen molar-refractivity contribution in [2.45, 2.75) is 0 Å². The lowest BCUT2D eigenvalue weighted by Gasteiger charge is -2.21. The summed E-state index contributed by atoms with van der Waals surface area (Å²) >= 11 is 30.4. The van der Waals surface area contributed by atoms with Gasteiger partial charge in [0.25, 0.3) is 0 Å². The van der Waals surface area contributed by atoms with Crippen LogP contribution in [-0.4, -0.2) is 28.7 Å². The fourth-order valence-corrected chi connectivity index (χ4v) is 9.89. The van der Waals surface area contributed by atoms with E-state index < -0.39 is 7.59 Å². The summed E-state index contributed by atoms with van der Waals surface area (Å²) in [6.07, 6.45) is 0. The van der Waals surface area contributed by atoms with Gasteiger partial charge >= 0.3 is 7.59 Å². The zero-order valence-electron chi connectivity index (χ0n) is 11.4. The lowest BCUT2D eigenvalue weighted by molar-refractivity contribution is 0.529. The number of hydrogen-bond donors (Lipinski definition) is 0. The fraction of sp³-hybridized carbons (Fsp3) is 0. The molecule has 0 atom stereocenters. The zero-order chi connectivity index (χ0) is 19.5. The van der Waals surface area contributed by atoms with Crippen molar-refractivity contribution in [1.29, 1.82) is 0 Å². The molecule has 0 saturated carbocycles. The Balaban J connectivity index is 2.47. The molecule has 0 saturated heterocycles. The minimum Gasteiger partial charge on any atom is -0.244 e. The number of rotatable bonds is 3. The summed E-state index contributed by atoms with van der Waals surface area (Å²) in [5, 5.41) is 13.0. The highest BCUT2D eigenvalue weighted by Crippen LogP contribution is 2.57. The van der Waals surface area contributed by atoms with E-state index in [1.165, 1.54) is 13.4 Å². The predicted octanol–water partition coefficient (Wildman–Crippen LogP) is 8.19. The molecular weight excluding hydrogens is 958 g/mol. The first kappa shape index (κ1) is 22.9. The molecule has 0 spiro atoms. The molecule has 26 heavy (non-hydrogen) atoms. The number of aromatic nitrogens is 6. The topological polar surface area (TPSA) is 70.5 Å². The molecule has 0 bridgehead atoms. The van der Waals surface area contributed by atoms with Gasteiger partial charge in [0.1, 0.15) is 27.6 Å². The predicted molar refractivity (Wildman–Crippen MR) is 130 cm³/mol. The number of nitrogens with zero attached hydrogens (tertiary/aromatic N) is 6. The van der Waals surface area contributed by atoms with Gasteiger partial charge in [-0.1, -0.05) is 0 Å². The van der Waals surface area contributed by atoms with E-state index in [1.807, 2.05) is 0 Å². The highest BCUT2D eigenvalue weighted by molar-refractivity contribution is 9.15. The van der Waals surface area contributed by atoms with Gasteiger partial charge in [0.05, 0.1) is 13.4 Å². The van der Waals surface area contributed by atoms with E-state index in [2.05, 4.69) is 159 Å². The summed E-state index contributed by atoms with van der Waals surface area (Å²) < 4.78 is 22.9. The Kier molecular flexibility index (Phi) is 7.36. The van der Waals surface area contributed by atoms with Gasteiger partial charge in [-0.05, 0) is 143 Å². The maximum atomic E-state index is 14.5. The molecule has 3 heterocycles. The Hall–Kier alpha value is 2.18. The van der Waals surface area contributed by atoms with Crippen molar-refractivity contribution < 1.29 is 4.57 Å². The maximum absolute atomic E-state index is 14.5. The quantitative estimate of drug-likeness (QED) is 0.249. The van der Waals surface area contributed by atoms with Crippen LogP contribution in [0.3, 0.4) is 0 Å². The molecule has 0 amide bonds. The summed E-state index contributed by atoms with van der Waals surface area (Å²) in [7, 11) is -3.81. The van der Waals surface area contributed by atoms with Crippen molar-refractivity contribution in [2.75, 3.05) is 0 Å². The average Bonchev–Trinajstić information content (AvgIpc) is 3.13. The molecule has 3 rings (SSSR count). The van der Waals surface area contributed by atoms with E-state index >= 15 is 0 Å². The molecule has 0 aliphatic heterocycles. The third kappa shape index (κ3) is 3.57. The molecule has 0 aliphatic carbocycles. The van der Waals surface area contributed by atoms with Crippen LogP contribution in [0, 0.1) is 0 Å². The van der Waals surface area contributed by atoms with Crippen LogP contribution >= 0.6 is 151 Å². The fourth-order valence-electron chi connectivity index (χ4n) is 1.79. The van der Waals surface area contributed by atoms with Crippen LogP contribution in [0.15, 0.2) is 41.0 Å². The first-order valence-corrected chi connectivity index (χ1v) is 14.6. The second-order valence-corrected chi connectivity index (χ2v) is 13.4. The van der Waals surface area contributed by atoms with Crippen molar-refractivity contribution in [3.05, 3.63) is 41.0 Å². The molecule has 7 nitrogen and oxygen atoms in total. The van der Waals surface area contributed by atoms with Crippen molar-refractivity contribution in [3.63, 3.8) is 0 Å². The molecule has 0 radical (unpaired) electrons. The van der Waals surface area contributed by atoms with Crippen molar-refractivity contribution in [1.82, 2.24) is 28.7 Å². The molecule has 0 fully saturated rings. The van der Waals surface area contributed by atoms with E-state index in [4.69, 9.17) is 0 Å². The van der Waals surface area contributed by atoms with Gasteiger partial charge < -0.3 is 0 Å². The van der Waals surface area contributed by atoms with E-state index in [0.29, 0.717) is 41.0 Å². The second kappa shape index (κ2) is 8.37. The van der Waals surface area contributed by atoms with Gasteiger partial charge in [0.15, 0.2) is 0 Å². The molecule has 0 N–H and O–H groups in total. The maximum Gasteiger partial charge on any atom is 0.422 e. The summed E-state index contributed by atoms with van der Waals surface area (Å²) in [6, 6.07) is 0. The number of halogens is 9. The standard InChI is InChI=1S/C9Br9N6OP/c10-1-4(13)19-22(7(1)16)26(25,23-8(17)2(11)5(14)20-23)24-9(18)3(12)6(15)21-24. The van der Waals surface area contributed by atoms with Gasteiger partial charge in [0, 0.05) is 0 Å². The Morgan fingerprint density at radius 2 is 0.769 bits per heavy atom.